The first-order valence-corrected chi connectivity index (χ1v) is 7.22. The van der Waals surface area contributed by atoms with E-state index < -0.39 is 0 Å². The average Bonchev–Trinajstić information content (AvgIpc) is 3.07. The van der Waals surface area contributed by atoms with Crippen molar-refractivity contribution < 1.29 is 15.0 Å². The fourth-order valence-corrected chi connectivity index (χ4v) is 3.30. The van der Waals surface area contributed by atoms with Gasteiger partial charge in [0, 0.05) is 30.8 Å². The highest BCUT2D eigenvalue weighted by Crippen LogP contribution is 2.38. The quantitative estimate of drug-likeness (QED) is 0.727. The van der Waals surface area contributed by atoms with Gasteiger partial charge >= 0.3 is 0 Å². The number of carbonyl (C=O) groups is 1. The fraction of sp³-hybridized carbons (Fsp3) is 0.500. The molecule has 0 radical (unpaired) electrons. The largest absolute Gasteiger partial charge is 0.393 e. The lowest BCUT2D eigenvalue weighted by Crippen LogP contribution is -2.31. The van der Waals surface area contributed by atoms with E-state index in [1.54, 1.807) is 23.2 Å². The fourth-order valence-electron chi connectivity index (χ4n) is 3.30. The summed E-state index contributed by atoms with van der Waals surface area (Å²) in [4.78, 5) is 18.4. The third-order valence-electron chi connectivity index (χ3n) is 4.40. The number of pyridine rings is 1. The number of fused-ring (bicyclic) bond motifs is 1. The molecule has 1 saturated carbocycles. The maximum atomic E-state index is 12.4. The Morgan fingerprint density at radius 3 is 2.90 bits per heavy atom. The van der Waals surface area contributed by atoms with Gasteiger partial charge in [-0.2, -0.15) is 0 Å². The molecule has 2 aliphatic rings. The first-order chi connectivity index (χ1) is 10.2. The lowest BCUT2D eigenvalue weighted by atomic mass is 10.00. The Bertz CT molecular complexity index is 588. The van der Waals surface area contributed by atoms with E-state index in [1.165, 1.54) is 0 Å². The minimum absolute atomic E-state index is 0.0849. The molecule has 3 unspecified atom stereocenters. The Morgan fingerprint density at radius 1 is 1.38 bits per heavy atom. The summed E-state index contributed by atoms with van der Waals surface area (Å²) in [6.45, 7) is 1.15. The van der Waals surface area contributed by atoms with Crippen molar-refractivity contribution in [3.05, 3.63) is 29.6 Å². The summed E-state index contributed by atoms with van der Waals surface area (Å²) in [5, 5.41) is 18.5. The Hall–Kier alpha value is -1.90. The van der Waals surface area contributed by atoms with Crippen molar-refractivity contribution in [2.24, 2.45) is 11.8 Å². The van der Waals surface area contributed by atoms with Crippen LogP contribution >= 0.6 is 0 Å². The van der Waals surface area contributed by atoms with Gasteiger partial charge in [-0.25, -0.2) is 4.98 Å². The third kappa shape index (κ3) is 2.78. The molecule has 1 aromatic rings. The number of rotatable bonds is 1. The lowest BCUT2D eigenvalue weighted by Gasteiger charge is -2.17. The number of amides is 1. The van der Waals surface area contributed by atoms with Crippen molar-refractivity contribution >= 4 is 5.91 Å². The molecule has 1 aromatic heterocycles. The van der Waals surface area contributed by atoms with Gasteiger partial charge in [-0.3, -0.25) is 4.79 Å². The van der Waals surface area contributed by atoms with Gasteiger partial charge in [-0.1, -0.05) is 11.8 Å². The normalized spacial score (nSPS) is 27.1. The van der Waals surface area contributed by atoms with E-state index in [-0.39, 0.29) is 24.5 Å². The molecular weight excluding hydrogens is 268 g/mol. The predicted molar refractivity (Wildman–Crippen MR) is 76.3 cm³/mol. The minimum Gasteiger partial charge on any atom is -0.393 e. The molecule has 3 atom stereocenters. The highest BCUT2D eigenvalue weighted by Gasteiger charge is 2.43. The van der Waals surface area contributed by atoms with Crippen LogP contribution in [0, 0.1) is 23.7 Å². The maximum absolute atomic E-state index is 12.4. The number of aliphatic hydroxyl groups excluding tert-OH is 2. The van der Waals surface area contributed by atoms with E-state index in [4.69, 9.17) is 5.11 Å². The molecule has 2 fully saturated rings. The number of likely N-dealkylation sites (tertiary alicyclic amines) is 1. The molecule has 0 aromatic carbocycles. The highest BCUT2D eigenvalue weighted by atomic mass is 16.3. The summed E-state index contributed by atoms with van der Waals surface area (Å²) in [5.41, 5.74) is 1.08. The van der Waals surface area contributed by atoms with E-state index >= 15 is 0 Å². The molecule has 110 valence electrons. The van der Waals surface area contributed by atoms with Crippen LogP contribution in [0.3, 0.4) is 0 Å². The molecule has 2 heterocycles. The van der Waals surface area contributed by atoms with Crippen LogP contribution in [0.15, 0.2) is 18.3 Å². The van der Waals surface area contributed by atoms with Crippen LogP contribution in [0.5, 0.6) is 0 Å². The summed E-state index contributed by atoms with van der Waals surface area (Å²) < 4.78 is 0. The van der Waals surface area contributed by atoms with Crippen LogP contribution < -0.4 is 0 Å². The van der Waals surface area contributed by atoms with Gasteiger partial charge in [0.15, 0.2) is 0 Å². The molecule has 21 heavy (non-hydrogen) atoms. The topological polar surface area (TPSA) is 73.7 Å². The van der Waals surface area contributed by atoms with E-state index in [0.29, 0.717) is 30.3 Å². The zero-order valence-corrected chi connectivity index (χ0v) is 11.7. The molecule has 1 aliphatic heterocycles. The van der Waals surface area contributed by atoms with Gasteiger partial charge in [0.25, 0.3) is 5.91 Å². The predicted octanol–water partition coefficient (Wildman–Crippen LogP) is 0.268. The molecule has 5 nitrogen and oxygen atoms in total. The second-order valence-electron chi connectivity index (χ2n) is 5.67. The first-order valence-electron chi connectivity index (χ1n) is 7.22. The van der Waals surface area contributed by atoms with Crippen molar-refractivity contribution in [3.63, 3.8) is 0 Å². The molecule has 1 amide bonds. The molecule has 5 heteroatoms. The second-order valence-corrected chi connectivity index (χ2v) is 5.67. The van der Waals surface area contributed by atoms with Crippen molar-refractivity contribution in [1.29, 1.82) is 0 Å². The van der Waals surface area contributed by atoms with Crippen LogP contribution in [-0.4, -0.2) is 51.8 Å². The number of aliphatic hydroxyl groups is 2. The van der Waals surface area contributed by atoms with Crippen LogP contribution in [0.4, 0.5) is 0 Å². The average molecular weight is 286 g/mol. The van der Waals surface area contributed by atoms with Crippen LogP contribution in [-0.2, 0) is 0 Å². The van der Waals surface area contributed by atoms with E-state index in [2.05, 4.69) is 16.8 Å². The Balaban J connectivity index is 1.68. The molecule has 1 saturated heterocycles. The zero-order valence-electron chi connectivity index (χ0n) is 11.7. The number of hydrogen-bond acceptors (Lipinski definition) is 4. The van der Waals surface area contributed by atoms with Gasteiger partial charge in [0.05, 0.1) is 6.10 Å². The molecule has 1 aliphatic carbocycles. The molecule has 0 spiro atoms. The SMILES string of the molecule is O=C(c1ccc(C#CCO)cn1)N1CC2CCC(O)C2C1. The Kier molecular flexibility index (Phi) is 3.91. The van der Waals surface area contributed by atoms with Gasteiger partial charge in [-0.15, -0.1) is 0 Å². The lowest BCUT2D eigenvalue weighted by molar-refractivity contribution is 0.0746. The summed E-state index contributed by atoms with van der Waals surface area (Å²) >= 11 is 0. The van der Waals surface area contributed by atoms with Gasteiger partial charge < -0.3 is 15.1 Å². The second kappa shape index (κ2) is 5.84. The smallest absolute Gasteiger partial charge is 0.272 e. The summed E-state index contributed by atoms with van der Waals surface area (Å²) in [6.07, 6.45) is 3.13. The van der Waals surface area contributed by atoms with E-state index in [1.807, 2.05) is 0 Å². The number of carbonyl (C=O) groups excluding carboxylic acids is 1. The molecule has 2 N–H and O–H groups in total. The summed E-state index contributed by atoms with van der Waals surface area (Å²) in [6, 6.07) is 3.39. The van der Waals surface area contributed by atoms with Crippen LogP contribution in [0.2, 0.25) is 0 Å². The van der Waals surface area contributed by atoms with Gasteiger partial charge in [0.1, 0.15) is 12.3 Å². The van der Waals surface area contributed by atoms with Gasteiger partial charge in [-0.05, 0) is 30.9 Å². The minimum atomic E-state index is -0.267. The molecule has 3 rings (SSSR count). The first kappa shape index (κ1) is 14.1. The number of nitrogens with zero attached hydrogens (tertiary/aromatic N) is 2. The zero-order chi connectivity index (χ0) is 14.8. The molecular formula is C16H18N2O3. The van der Waals surface area contributed by atoms with Crippen molar-refractivity contribution in [2.45, 2.75) is 18.9 Å². The van der Waals surface area contributed by atoms with Crippen LogP contribution in [0.25, 0.3) is 0 Å². The third-order valence-corrected chi connectivity index (χ3v) is 4.40. The standard InChI is InChI=1S/C16H18N2O3/c19-7-1-2-11-3-5-14(17-8-11)16(21)18-9-12-4-6-15(20)13(12)10-18/h3,5,8,12-13,15,19-20H,4,6-7,9-10H2. The van der Waals surface area contributed by atoms with Crippen molar-refractivity contribution in [2.75, 3.05) is 19.7 Å². The van der Waals surface area contributed by atoms with Crippen molar-refractivity contribution in [1.82, 2.24) is 9.88 Å². The van der Waals surface area contributed by atoms with Gasteiger partial charge in [0.2, 0.25) is 0 Å². The highest BCUT2D eigenvalue weighted by molar-refractivity contribution is 5.92. The van der Waals surface area contributed by atoms with Crippen LogP contribution in [0.1, 0.15) is 28.9 Å². The Morgan fingerprint density at radius 2 is 2.24 bits per heavy atom. The number of hydrogen-bond donors (Lipinski definition) is 2. The van der Waals surface area contributed by atoms with E-state index in [9.17, 15) is 9.90 Å². The monoisotopic (exact) mass is 286 g/mol. The number of aromatic nitrogens is 1. The van der Waals surface area contributed by atoms with Crippen molar-refractivity contribution in [3.8, 4) is 11.8 Å². The van der Waals surface area contributed by atoms with E-state index in [0.717, 1.165) is 12.8 Å². The maximum Gasteiger partial charge on any atom is 0.272 e. The summed E-state index contributed by atoms with van der Waals surface area (Å²) in [7, 11) is 0. The Labute approximate surface area is 123 Å². The molecule has 0 bridgehead atoms. The summed E-state index contributed by atoms with van der Waals surface area (Å²) in [5.74, 6) is 5.86.